The van der Waals surface area contributed by atoms with Gasteiger partial charge in [-0.3, -0.25) is 0 Å². The predicted molar refractivity (Wildman–Crippen MR) is 67.0 cm³/mol. The standard InChI is InChI=1S/C14H18N2/c1-11-9-16(10-15-11)13-7-5-6-12(8-13)14(2,3)4/h5-10H,1-4H3. The second kappa shape index (κ2) is 3.78. The van der Waals surface area contributed by atoms with E-state index in [1.54, 1.807) is 0 Å². The molecule has 0 saturated carbocycles. The fourth-order valence-electron chi connectivity index (χ4n) is 1.70. The highest BCUT2D eigenvalue weighted by Gasteiger charge is 2.13. The molecule has 0 radical (unpaired) electrons. The predicted octanol–water partition coefficient (Wildman–Crippen LogP) is 3.48. The van der Waals surface area contributed by atoms with Crippen molar-refractivity contribution in [1.82, 2.24) is 9.55 Å². The van der Waals surface area contributed by atoms with Crippen LogP contribution < -0.4 is 0 Å². The first-order chi connectivity index (χ1) is 7.47. The number of hydrogen-bond acceptors (Lipinski definition) is 1. The molecule has 0 spiro atoms. The summed E-state index contributed by atoms with van der Waals surface area (Å²) in [6.07, 6.45) is 3.90. The van der Waals surface area contributed by atoms with E-state index in [1.165, 1.54) is 11.3 Å². The van der Waals surface area contributed by atoms with E-state index in [0.717, 1.165) is 5.69 Å². The molecule has 2 heteroatoms. The van der Waals surface area contributed by atoms with Crippen LogP contribution in [0.3, 0.4) is 0 Å². The number of imidazole rings is 1. The van der Waals surface area contributed by atoms with Gasteiger partial charge in [-0.25, -0.2) is 4.98 Å². The minimum atomic E-state index is 0.186. The Hall–Kier alpha value is -1.57. The maximum Gasteiger partial charge on any atom is 0.0995 e. The van der Waals surface area contributed by atoms with Gasteiger partial charge in [0, 0.05) is 11.9 Å². The average Bonchev–Trinajstić information content (AvgIpc) is 2.64. The highest BCUT2D eigenvalue weighted by molar-refractivity contribution is 5.38. The Morgan fingerprint density at radius 2 is 1.94 bits per heavy atom. The molecule has 0 bridgehead atoms. The molecule has 2 rings (SSSR count). The third kappa shape index (κ3) is 2.16. The first-order valence-corrected chi connectivity index (χ1v) is 5.58. The van der Waals surface area contributed by atoms with E-state index >= 15 is 0 Å². The van der Waals surface area contributed by atoms with Crippen LogP contribution in [0.4, 0.5) is 0 Å². The lowest BCUT2D eigenvalue weighted by atomic mass is 9.87. The van der Waals surface area contributed by atoms with Crippen molar-refractivity contribution in [3.8, 4) is 5.69 Å². The molecule has 0 aliphatic rings. The van der Waals surface area contributed by atoms with Crippen LogP contribution in [0.25, 0.3) is 5.69 Å². The summed E-state index contributed by atoms with van der Waals surface area (Å²) < 4.78 is 2.06. The van der Waals surface area contributed by atoms with Crippen LogP contribution in [0.1, 0.15) is 32.0 Å². The number of rotatable bonds is 1. The van der Waals surface area contributed by atoms with E-state index < -0.39 is 0 Å². The summed E-state index contributed by atoms with van der Waals surface area (Å²) in [5, 5.41) is 0. The number of aromatic nitrogens is 2. The molecule has 0 N–H and O–H groups in total. The Balaban J connectivity index is 2.44. The van der Waals surface area contributed by atoms with Crippen molar-refractivity contribution in [1.29, 1.82) is 0 Å². The smallest absolute Gasteiger partial charge is 0.0995 e. The lowest BCUT2D eigenvalue weighted by Gasteiger charge is -2.19. The molecule has 16 heavy (non-hydrogen) atoms. The maximum absolute atomic E-state index is 4.25. The molecule has 1 aromatic carbocycles. The summed E-state index contributed by atoms with van der Waals surface area (Å²) in [6, 6.07) is 8.61. The van der Waals surface area contributed by atoms with E-state index in [2.05, 4.69) is 54.6 Å². The van der Waals surface area contributed by atoms with Crippen LogP contribution in [0.2, 0.25) is 0 Å². The minimum Gasteiger partial charge on any atom is -0.306 e. The van der Waals surface area contributed by atoms with Gasteiger partial charge >= 0.3 is 0 Å². The molecule has 0 atom stereocenters. The van der Waals surface area contributed by atoms with Crippen molar-refractivity contribution >= 4 is 0 Å². The average molecular weight is 214 g/mol. The monoisotopic (exact) mass is 214 g/mol. The fourth-order valence-corrected chi connectivity index (χ4v) is 1.70. The van der Waals surface area contributed by atoms with E-state index in [1.807, 2.05) is 19.4 Å². The molecular weight excluding hydrogens is 196 g/mol. The third-order valence-electron chi connectivity index (χ3n) is 2.72. The highest BCUT2D eigenvalue weighted by atomic mass is 15.0. The zero-order valence-electron chi connectivity index (χ0n) is 10.4. The van der Waals surface area contributed by atoms with Gasteiger partial charge in [0.05, 0.1) is 12.0 Å². The lowest BCUT2D eigenvalue weighted by molar-refractivity contribution is 0.590. The second-order valence-electron chi connectivity index (χ2n) is 5.22. The summed E-state index contributed by atoms with van der Waals surface area (Å²) in [5.74, 6) is 0. The summed E-state index contributed by atoms with van der Waals surface area (Å²) >= 11 is 0. The number of aryl methyl sites for hydroxylation is 1. The molecule has 0 aliphatic heterocycles. The lowest BCUT2D eigenvalue weighted by Crippen LogP contribution is -2.11. The Bertz CT molecular complexity index is 489. The van der Waals surface area contributed by atoms with Gasteiger partial charge in [0.1, 0.15) is 0 Å². The fraction of sp³-hybridized carbons (Fsp3) is 0.357. The van der Waals surface area contributed by atoms with Crippen molar-refractivity contribution in [2.45, 2.75) is 33.1 Å². The van der Waals surface area contributed by atoms with Crippen molar-refractivity contribution in [2.75, 3.05) is 0 Å². The summed E-state index contributed by atoms with van der Waals surface area (Å²) in [4.78, 5) is 4.25. The summed E-state index contributed by atoms with van der Waals surface area (Å²) in [6.45, 7) is 8.69. The Morgan fingerprint density at radius 1 is 1.19 bits per heavy atom. The second-order valence-corrected chi connectivity index (χ2v) is 5.22. The molecular formula is C14H18N2. The van der Waals surface area contributed by atoms with Crippen LogP contribution in [-0.4, -0.2) is 9.55 Å². The Morgan fingerprint density at radius 3 is 2.50 bits per heavy atom. The molecule has 0 unspecified atom stereocenters. The minimum absolute atomic E-state index is 0.186. The van der Waals surface area contributed by atoms with Crippen molar-refractivity contribution in [3.63, 3.8) is 0 Å². The van der Waals surface area contributed by atoms with Crippen LogP contribution >= 0.6 is 0 Å². The van der Waals surface area contributed by atoms with Crippen molar-refractivity contribution < 1.29 is 0 Å². The quantitative estimate of drug-likeness (QED) is 0.710. The first-order valence-electron chi connectivity index (χ1n) is 5.58. The third-order valence-corrected chi connectivity index (χ3v) is 2.72. The number of nitrogens with zero attached hydrogens (tertiary/aromatic N) is 2. The van der Waals surface area contributed by atoms with E-state index in [9.17, 15) is 0 Å². The highest BCUT2D eigenvalue weighted by Crippen LogP contribution is 2.24. The Kier molecular flexibility index (Phi) is 2.58. The van der Waals surface area contributed by atoms with Gasteiger partial charge in [-0.05, 0) is 30.0 Å². The molecule has 2 aromatic rings. The van der Waals surface area contributed by atoms with Gasteiger partial charge in [-0.2, -0.15) is 0 Å². The molecule has 1 aromatic heterocycles. The van der Waals surface area contributed by atoms with Crippen LogP contribution in [0.15, 0.2) is 36.8 Å². The summed E-state index contributed by atoms with van der Waals surface area (Å²) in [7, 11) is 0. The van der Waals surface area contributed by atoms with Crippen molar-refractivity contribution in [3.05, 3.63) is 48.0 Å². The molecule has 1 heterocycles. The van der Waals surface area contributed by atoms with E-state index in [0.29, 0.717) is 0 Å². The van der Waals surface area contributed by atoms with Gasteiger partial charge < -0.3 is 4.57 Å². The van der Waals surface area contributed by atoms with E-state index in [-0.39, 0.29) is 5.41 Å². The topological polar surface area (TPSA) is 17.8 Å². The normalized spacial score (nSPS) is 11.8. The van der Waals surface area contributed by atoms with Gasteiger partial charge in [0.2, 0.25) is 0 Å². The maximum atomic E-state index is 4.25. The summed E-state index contributed by atoms with van der Waals surface area (Å²) in [5.41, 5.74) is 3.75. The Labute approximate surface area is 97.0 Å². The largest absolute Gasteiger partial charge is 0.306 e. The zero-order valence-corrected chi connectivity index (χ0v) is 10.4. The van der Waals surface area contributed by atoms with Gasteiger partial charge in [-0.15, -0.1) is 0 Å². The van der Waals surface area contributed by atoms with Crippen molar-refractivity contribution in [2.24, 2.45) is 0 Å². The van der Waals surface area contributed by atoms with Gasteiger partial charge in [0.25, 0.3) is 0 Å². The molecule has 0 saturated heterocycles. The van der Waals surface area contributed by atoms with Gasteiger partial charge in [-0.1, -0.05) is 32.9 Å². The molecule has 84 valence electrons. The zero-order chi connectivity index (χ0) is 11.8. The van der Waals surface area contributed by atoms with Crippen LogP contribution in [0, 0.1) is 6.92 Å². The number of benzene rings is 1. The molecule has 2 nitrogen and oxygen atoms in total. The van der Waals surface area contributed by atoms with Crippen LogP contribution in [0.5, 0.6) is 0 Å². The van der Waals surface area contributed by atoms with E-state index in [4.69, 9.17) is 0 Å². The number of hydrogen-bond donors (Lipinski definition) is 0. The molecule has 0 fully saturated rings. The molecule has 0 aliphatic carbocycles. The van der Waals surface area contributed by atoms with Gasteiger partial charge in [0.15, 0.2) is 0 Å². The molecule has 0 amide bonds. The SMILES string of the molecule is Cc1cn(-c2cccc(C(C)(C)C)c2)cn1. The van der Waals surface area contributed by atoms with Crippen LogP contribution in [-0.2, 0) is 5.41 Å². The first kappa shape index (κ1) is 10.9.